The van der Waals surface area contributed by atoms with Gasteiger partial charge in [-0.05, 0) is 35.4 Å². The molecule has 2 aliphatic heterocycles. The van der Waals surface area contributed by atoms with Gasteiger partial charge in [0.25, 0.3) is 0 Å². The number of aromatic amines is 1. The van der Waals surface area contributed by atoms with Gasteiger partial charge in [0, 0.05) is 73.8 Å². The van der Waals surface area contributed by atoms with Gasteiger partial charge in [-0.2, -0.15) is 0 Å². The number of ether oxygens (including phenoxy) is 4. The molecular weight excluding hydrogens is 494 g/mol. The molecule has 1 unspecified atom stereocenters. The largest absolute Gasteiger partial charge is 0.497 e. The predicted molar refractivity (Wildman–Crippen MR) is 149 cm³/mol. The smallest absolute Gasteiger partial charge is 0.231 e. The SMILES string of the molecule is COc1ccc(C(CC(=O)N2CCN(Cc3ccc4c(c3)OCO4)CC2)c2c[nH]c3ccccc23)c(OC)c1. The van der Waals surface area contributed by atoms with Crippen molar-refractivity contribution in [2.24, 2.45) is 0 Å². The minimum absolute atomic E-state index is 0.144. The number of nitrogens with zero attached hydrogens (tertiary/aromatic N) is 2. The van der Waals surface area contributed by atoms with E-state index in [1.54, 1.807) is 14.2 Å². The molecular formula is C31H33N3O5. The fourth-order valence-electron chi connectivity index (χ4n) is 5.63. The maximum atomic E-state index is 13.7. The molecule has 4 aromatic rings. The minimum Gasteiger partial charge on any atom is -0.497 e. The van der Waals surface area contributed by atoms with Gasteiger partial charge in [-0.25, -0.2) is 0 Å². The monoisotopic (exact) mass is 527 g/mol. The molecule has 1 fully saturated rings. The Morgan fingerprint density at radius 2 is 1.74 bits per heavy atom. The number of hydrogen-bond donors (Lipinski definition) is 1. The molecule has 0 saturated carbocycles. The van der Waals surface area contributed by atoms with Gasteiger partial charge in [-0.1, -0.05) is 30.3 Å². The lowest BCUT2D eigenvalue weighted by Gasteiger charge is -2.35. The Hall–Kier alpha value is -4.17. The number of piperazine rings is 1. The summed E-state index contributed by atoms with van der Waals surface area (Å²) in [7, 11) is 3.30. The van der Waals surface area contributed by atoms with Crippen LogP contribution in [0.2, 0.25) is 0 Å². The van der Waals surface area contributed by atoms with E-state index in [1.165, 1.54) is 5.56 Å². The summed E-state index contributed by atoms with van der Waals surface area (Å²) in [5, 5.41) is 1.11. The normalized spacial score (nSPS) is 15.9. The van der Waals surface area contributed by atoms with Gasteiger partial charge in [-0.3, -0.25) is 9.69 Å². The summed E-state index contributed by atoms with van der Waals surface area (Å²) in [6, 6.07) is 20.1. The molecule has 0 aliphatic carbocycles. The highest BCUT2D eigenvalue weighted by Gasteiger charge is 2.29. The van der Waals surface area contributed by atoms with Gasteiger partial charge >= 0.3 is 0 Å². The first-order chi connectivity index (χ1) is 19.1. The topological polar surface area (TPSA) is 76.3 Å². The third-order valence-corrected chi connectivity index (χ3v) is 7.76. The van der Waals surface area contributed by atoms with E-state index >= 15 is 0 Å². The summed E-state index contributed by atoms with van der Waals surface area (Å²) < 4.78 is 22.1. The number of nitrogens with one attached hydrogen (secondary N) is 1. The molecule has 6 rings (SSSR count). The van der Waals surface area contributed by atoms with Crippen molar-refractivity contribution in [2.75, 3.05) is 47.2 Å². The molecule has 8 heteroatoms. The quantitative estimate of drug-likeness (QED) is 0.356. The van der Waals surface area contributed by atoms with E-state index in [1.807, 2.05) is 53.6 Å². The number of carbonyl (C=O) groups is 1. The zero-order valence-electron chi connectivity index (χ0n) is 22.3. The van der Waals surface area contributed by atoms with E-state index in [4.69, 9.17) is 18.9 Å². The number of para-hydroxylation sites is 1. The number of methoxy groups -OCH3 is 2. The van der Waals surface area contributed by atoms with Crippen LogP contribution in [0.5, 0.6) is 23.0 Å². The van der Waals surface area contributed by atoms with Crippen molar-refractivity contribution >= 4 is 16.8 Å². The molecule has 0 bridgehead atoms. The maximum Gasteiger partial charge on any atom is 0.231 e. The van der Waals surface area contributed by atoms with Crippen LogP contribution in [0, 0.1) is 0 Å². The molecule has 202 valence electrons. The van der Waals surface area contributed by atoms with E-state index in [0.717, 1.165) is 58.9 Å². The highest BCUT2D eigenvalue weighted by atomic mass is 16.7. The zero-order valence-corrected chi connectivity index (χ0v) is 22.3. The predicted octanol–water partition coefficient (Wildman–Crippen LogP) is 4.78. The molecule has 8 nitrogen and oxygen atoms in total. The average Bonchev–Trinajstić information content (AvgIpc) is 3.63. The van der Waals surface area contributed by atoms with E-state index in [2.05, 4.69) is 28.1 Å². The van der Waals surface area contributed by atoms with Gasteiger partial charge < -0.3 is 28.8 Å². The first kappa shape index (κ1) is 25.1. The lowest BCUT2D eigenvalue weighted by atomic mass is 9.87. The van der Waals surface area contributed by atoms with Gasteiger partial charge in [0.15, 0.2) is 11.5 Å². The molecule has 0 radical (unpaired) electrons. The van der Waals surface area contributed by atoms with Crippen LogP contribution in [0.1, 0.15) is 29.0 Å². The van der Waals surface area contributed by atoms with Crippen LogP contribution in [0.25, 0.3) is 10.9 Å². The van der Waals surface area contributed by atoms with Gasteiger partial charge in [-0.15, -0.1) is 0 Å². The zero-order chi connectivity index (χ0) is 26.8. The third-order valence-electron chi connectivity index (χ3n) is 7.76. The van der Waals surface area contributed by atoms with Crippen LogP contribution in [0.15, 0.2) is 66.9 Å². The van der Waals surface area contributed by atoms with E-state index < -0.39 is 0 Å². The number of H-pyrrole nitrogens is 1. The summed E-state index contributed by atoms with van der Waals surface area (Å²) in [6.45, 7) is 4.14. The number of benzene rings is 3. The number of carbonyl (C=O) groups excluding carboxylic acids is 1. The number of amides is 1. The summed E-state index contributed by atoms with van der Waals surface area (Å²) >= 11 is 0. The van der Waals surface area contributed by atoms with Crippen LogP contribution in [-0.2, 0) is 11.3 Å². The standard InChI is InChI=1S/C31H33N3O5/c1-36-22-8-9-24(29(16-22)37-2)25(26-18-32-27-6-4-3-5-23(26)27)17-31(35)34-13-11-33(12-14-34)19-21-7-10-28-30(15-21)39-20-38-28/h3-10,15-16,18,25,32H,11-14,17,19-20H2,1-2H3. The Morgan fingerprint density at radius 1 is 0.923 bits per heavy atom. The molecule has 3 aromatic carbocycles. The Bertz CT molecular complexity index is 1470. The minimum atomic E-state index is -0.166. The van der Waals surface area contributed by atoms with Gasteiger partial charge in [0.2, 0.25) is 12.7 Å². The van der Waals surface area contributed by atoms with Crippen LogP contribution >= 0.6 is 0 Å². The van der Waals surface area contributed by atoms with Gasteiger partial charge in [0.1, 0.15) is 11.5 Å². The number of aromatic nitrogens is 1. The number of rotatable bonds is 8. The first-order valence-electron chi connectivity index (χ1n) is 13.3. The number of hydrogen-bond acceptors (Lipinski definition) is 6. The molecule has 2 aliphatic rings. The molecule has 1 atom stereocenters. The molecule has 0 spiro atoms. The van der Waals surface area contributed by atoms with Crippen LogP contribution < -0.4 is 18.9 Å². The Balaban J connectivity index is 1.19. The van der Waals surface area contributed by atoms with Crippen molar-refractivity contribution in [3.8, 4) is 23.0 Å². The third kappa shape index (κ3) is 5.12. The van der Waals surface area contributed by atoms with Crippen molar-refractivity contribution in [1.29, 1.82) is 0 Å². The summed E-state index contributed by atoms with van der Waals surface area (Å²) in [4.78, 5) is 21.5. The van der Waals surface area contributed by atoms with Crippen molar-refractivity contribution in [1.82, 2.24) is 14.8 Å². The lowest BCUT2D eigenvalue weighted by molar-refractivity contribution is -0.133. The van der Waals surface area contributed by atoms with Crippen molar-refractivity contribution < 1.29 is 23.7 Å². The summed E-state index contributed by atoms with van der Waals surface area (Å²) in [5.41, 5.74) is 4.29. The molecule has 3 heterocycles. The second kappa shape index (κ2) is 10.9. The van der Waals surface area contributed by atoms with Crippen molar-refractivity contribution in [2.45, 2.75) is 18.9 Å². The second-order valence-electron chi connectivity index (χ2n) is 10.00. The van der Waals surface area contributed by atoms with E-state index in [-0.39, 0.29) is 18.6 Å². The fourth-order valence-corrected chi connectivity index (χ4v) is 5.63. The second-order valence-corrected chi connectivity index (χ2v) is 10.00. The highest BCUT2D eigenvalue weighted by Crippen LogP contribution is 2.40. The molecule has 1 amide bonds. The van der Waals surface area contributed by atoms with Crippen molar-refractivity contribution in [3.63, 3.8) is 0 Å². The molecule has 1 saturated heterocycles. The summed E-state index contributed by atoms with van der Waals surface area (Å²) in [5.74, 6) is 3.02. The van der Waals surface area contributed by atoms with Crippen LogP contribution in [-0.4, -0.2) is 67.9 Å². The van der Waals surface area contributed by atoms with Crippen LogP contribution in [0.3, 0.4) is 0 Å². The molecule has 39 heavy (non-hydrogen) atoms. The first-order valence-corrected chi connectivity index (χ1v) is 13.3. The van der Waals surface area contributed by atoms with E-state index in [9.17, 15) is 4.79 Å². The van der Waals surface area contributed by atoms with Crippen molar-refractivity contribution in [3.05, 3.63) is 83.6 Å². The average molecular weight is 528 g/mol. The van der Waals surface area contributed by atoms with Gasteiger partial charge in [0.05, 0.1) is 14.2 Å². The van der Waals surface area contributed by atoms with E-state index in [0.29, 0.717) is 25.3 Å². The molecule has 1 aromatic heterocycles. The summed E-state index contributed by atoms with van der Waals surface area (Å²) in [6.07, 6.45) is 2.38. The fraction of sp³-hybridized carbons (Fsp3) is 0.323. The Morgan fingerprint density at radius 3 is 2.56 bits per heavy atom. The van der Waals surface area contributed by atoms with Crippen LogP contribution in [0.4, 0.5) is 0 Å². The molecule has 1 N–H and O–H groups in total. The lowest BCUT2D eigenvalue weighted by Crippen LogP contribution is -2.48. The Labute approximate surface area is 228 Å². The highest BCUT2D eigenvalue weighted by molar-refractivity contribution is 5.86. The Kier molecular flexibility index (Phi) is 7.02. The maximum absolute atomic E-state index is 13.7. The number of fused-ring (bicyclic) bond motifs is 2.